The van der Waals surface area contributed by atoms with Gasteiger partial charge in [0.15, 0.2) is 0 Å². The van der Waals surface area contributed by atoms with Gasteiger partial charge in [0, 0.05) is 19.1 Å². The van der Waals surface area contributed by atoms with Gasteiger partial charge in [0.1, 0.15) is 5.75 Å². The molecule has 0 saturated carbocycles. The summed E-state index contributed by atoms with van der Waals surface area (Å²) < 4.78 is 5.79. The fraction of sp³-hybridized carbons (Fsp3) is 0.625. The number of hydrogen-bond donors (Lipinski definition) is 1. The molecule has 0 radical (unpaired) electrons. The molecule has 1 atom stereocenters. The summed E-state index contributed by atoms with van der Waals surface area (Å²) in [6.45, 7) is 6.10. The highest BCUT2D eigenvalue weighted by atomic mass is 16.5. The van der Waals surface area contributed by atoms with Crippen LogP contribution < -0.4 is 10.5 Å². The summed E-state index contributed by atoms with van der Waals surface area (Å²) in [5.74, 6) is 0.939. The van der Waals surface area contributed by atoms with Crippen molar-refractivity contribution >= 4 is 0 Å². The average Bonchev–Trinajstić information content (AvgIpc) is 2.45. The van der Waals surface area contributed by atoms with Crippen molar-refractivity contribution in [3.8, 4) is 5.75 Å². The third kappa shape index (κ3) is 4.51. The van der Waals surface area contributed by atoms with Crippen molar-refractivity contribution in [1.82, 2.24) is 4.90 Å². The van der Waals surface area contributed by atoms with E-state index in [0.29, 0.717) is 6.54 Å². The van der Waals surface area contributed by atoms with Crippen molar-refractivity contribution in [3.63, 3.8) is 0 Å². The summed E-state index contributed by atoms with van der Waals surface area (Å²) in [4.78, 5) is 2.59. The second-order valence-electron chi connectivity index (χ2n) is 5.43. The van der Waals surface area contributed by atoms with Gasteiger partial charge in [0.05, 0.1) is 6.61 Å². The van der Waals surface area contributed by atoms with Crippen molar-refractivity contribution < 1.29 is 4.74 Å². The Labute approximate surface area is 116 Å². The topological polar surface area (TPSA) is 38.5 Å². The van der Waals surface area contributed by atoms with Crippen LogP contribution in [0.25, 0.3) is 0 Å². The molecule has 106 valence electrons. The molecular weight excluding hydrogens is 236 g/mol. The van der Waals surface area contributed by atoms with E-state index in [4.69, 9.17) is 10.5 Å². The minimum atomic E-state index is 0.572. The number of nitrogens with zero attached hydrogens (tertiary/aromatic N) is 1. The Morgan fingerprint density at radius 1 is 1.37 bits per heavy atom. The predicted octanol–water partition coefficient (Wildman–Crippen LogP) is 2.79. The van der Waals surface area contributed by atoms with Crippen LogP contribution in [0.2, 0.25) is 0 Å². The van der Waals surface area contributed by atoms with Gasteiger partial charge in [-0.1, -0.05) is 18.6 Å². The molecule has 1 aromatic carbocycles. The zero-order chi connectivity index (χ0) is 13.5. The lowest BCUT2D eigenvalue weighted by molar-refractivity contribution is 0.148. The molecule has 1 heterocycles. The fourth-order valence-electron chi connectivity index (χ4n) is 2.71. The maximum atomic E-state index is 5.79. The molecule has 2 N–H and O–H groups in total. The third-order valence-corrected chi connectivity index (χ3v) is 3.93. The first-order valence-corrected chi connectivity index (χ1v) is 7.45. The van der Waals surface area contributed by atoms with Crippen molar-refractivity contribution in [2.75, 3.05) is 19.7 Å². The fourth-order valence-corrected chi connectivity index (χ4v) is 2.71. The summed E-state index contributed by atoms with van der Waals surface area (Å²) in [5, 5.41) is 0. The lowest BCUT2D eigenvalue weighted by Crippen LogP contribution is -2.38. The number of benzene rings is 1. The molecule has 0 aromatic heterocycles. The van der Waals surface area contributed by atoms with Crippen molar-refractivity contribution in [2.24, 2.45) is 5.73 Å². The van der Waals surface area contributed by atoms with E-state index in [-0.39, 0.29) is 0 Å². The largest absolute Gasteiger partial charge is 0.494 e. The number of likely N-dealkylation sites (tertiary alicyclic amines) is 1. The number of rotatable bonds is 6. The average molecular weight is 262 g/mol. The summed E-state index contributed by atoms with van der Waals surface area (Å²) in [7, 11) is 0. The molecule has 0 amide bonds. The normalized spacial score (nSPS) is 20.4. The number of hydrogen-bond acceptors (Lipinski definition) is 3. The van der Waals surface area contributed by atoms with Crippen LogP contribution in [0.1, 0.15) is 38.2 Å². The van der Waals surface area contributed by atoms with Gasteiger partial charge in [-0.2, -0.15) is 0 Å². The molecule has 1 aromatic rings. The maximum Gasteiger partial charge on any atom is 0.119 e. The first-order chi connectivity index (χ1) is 9.29. The van der Waals surface area contributed by atoms with Gasteiger partial charge < -0.3 is 15.4 Å². The molecule has 1 aliphatic heterocycles. The van der Waals surface area contributed by atoms with E-state index in [1.807, 2.05) is 24.3 Å². The van der Waals surface area contributed by atoms with E-state index in [2.05, 4.69) is 11.8 Å². The van der Waals surface area contributed by atoms with E-state index in [1.165, 1.54) is 25.8 Å². The lowest BCUT2D eigenvalue weighted by atomic mass is 10.0. The van der Waals surface area contributed by atoms with Crippen LogP contribution in [0.3, 0.4) is 0 Å². The van der Waals surface area contributed by atoms with E-state index in [9.17, 15) is 0 Å². The molecule has 1 fully saturated rings. The van der Waals surface area contributed by atoms with Crippen molar-refractivity contribution in [1.29, 1.82) is 0 Å². The summed E-state index contributed by atoms with van der Waals surface area (Å²) >= 11 is 0. The van der Waals surface area contributed by atoms with Gasteiger partial charge in [-0.05, 0) is 50.4 Å². The first kappa shape index (κ1) is 14.4. The van der Waals surface area contributed by atoms with E-state index >= 15 is 0 Å². The second-order valence-corrected chi connectivity index (χ2v) is 5.43. The molecule has 0 bridgehead atoms. The highest BCUT2D eigenvalue weighted by Crippen LogP contribution is 2.17. The Kier molecular flexibility index (Phi) is 5.67. The molecular formula is C16H26N2O. The standard InChI is InChI=1S/C16H26N2O/c1-14-6-2-3-9-18(14)10-5-11-19-16-8-4-7-15(12-16)13-17/h4,7-8,12,14H,2-3,5-6,9-11,13,17H2,1H3. The SMILES string of the molecule is CC1CCCCN1CCCOc1cccc(CN)c1. The Bertz CT molecular complexity index is 381. The number of piperidine rings is 1. The van der Waals surface area contributed by atoms with Crippen molar-refractivity contribution in [2.45, 2.75) is 45.2 Å². The van der Waals surface area contributed by atoms with Gasteiger partial charge in [-0.15, -0.1) is 0 Å². The molecule has 0 aliphatic carbocycles. The van der Waals surface area contributed by atoms with E-state index in [0.717, 1.165) is 36.9 Å². The lowest BCUT2D eigenvalue weighted by Gasteiger charge is -2.33. The first-order valence-electron chi connectivity index (χ1n) is 7.45. The van der Waals surface area contributed by atoms with Crippen LogP contribution >= 0.6 is 0 Å². The number of nitrogens with two attached hydrogens (primary N) is 1. The Hall–Kier alpha value is -1.06. The predicted molar refractivity (Wildman–Crippen MR) is 79.3 cm³/mol. The molecule has 3 heteroatoms. The minimum Gasteiger partial charge on any atom is -0.494 e. The molecule has 1 unspecified atom stereocenters. The molecule has 0 spiro atoms. The zero-order valence-corrected chi connectivity index (χ0v) is 12.0. The van der Waals surface area contributed by atoms with Crippen molar-refractivity contribution in [3.05, 3.63) is 29.8 Å². The van der Waals surface area contributed by atoms with Crippen LogP contribution in [0.15, 0.2) is 24.3 Å². The van der Waals surface area contributed by atoms with Gasteiger partial charge in [-0.25, -0.2) is 0 Å². The van der Waals surface area contributed by atoms with Gasteiger partial charge >= 0.3 is 0 Å². The van der Waals surface area contributed by atoms with Gasteiger partial charge in [-0.3, -0.25) is 0 Å². The highest BCUT2D eigenvalue weighted by molar-refractivity contribution is 5.28. The van der Waals surface area contributed by atoms with Gasteiger partial charge in [0.2, 0.25) is 0 Å². The van der Waals surface area contributed by atoms with Crippen LogP contribution in [0.5, 0.6) is 5.75 Å². The monoisotopic (exact) mass is 262 g/mol. The van der Waals surface area contributed by atoms with Gasteiger partial charge in [0.25, 0.3) is 0 Å². The number of ether oxygens (including phenoxy) is 1. The highest BCUT2D eigenvalue weighted by Gasteiger charge is 2.17. The van der Waals surface area contributed by atoms with Crippen LogP contribution in [-0.2, 0) is 6.54 Å². The summed E-state index contributed by atoms with van der Waals surface area (Å²) in [6.07, 6.45) is 5.18. The molecule has 1 saturated heterocycles. The molecule has 2 rings (SSSR count). The second kappa shape index (κ2) is 7.51. The third-order valence-electron chi connectivity index (χ3n) is 3.93. The Morgan fingerprint density at radius 2 is 2.26 bits per heavy atom. The van der Waals surface area contributed by atoms with Crippen LogP contribution in [0.4, 0.5) is 0 Å². The zero-order valence-electron chi connectivity index (χ0n) is 12.0. The smallest absolute Gasteiger partial charge is 0.119 e. The maximum absolute atomic E-state index is 5.79. The Morgan fingerprint density at radius 3 is 3.05 bits per heavy atom. The minimum absolute atomic E-state index is 0.572. The molecule has 19 heavy (non-hydrogen) atoms. The van der Waals surface area contributed by atoms with Crippen LogP contribution in [0, 0.1) is 0 Å². The molecule has 1 aliphatic rings. The Balaban J connectivity index is 1.68. The van der Waals surface area contributed by atoms with E-state index in [1.54, 1.807) is 0 Å². The van der Waals surface area contributed by atoms with Crippen LogP contribution in [-0.4, -0.2) is 30.6 Å². The summed E-state index contributed by atoms with van der Waals surface area (Å²) in [5.41, 5.74) is 6.75. The quantitative estimate of drug-likeness (QED) is 0.801. The van der Waals surface area contributed by atoms with E-state index < -0.39 is 0 Å². The molecule has 3 nitrogen and oxygen atoms in total. The summed E-state index contributed by atoms with van der Waals surface area (Å²) in [6, 6.07) is 8.81.